The second-order valence-electron chi connectivity index (χ2n) is 1.87. The summed E-state index contributed by atoms with van der Waals surface area (Å²) in [6.45, 7) is -2.83. The zero-order valence-electron chi connectivity index (χ0n) is 5.30. The van der Waals surface area contributed by atoms with Gasteiger partial charge in [0, 0.05) is 12.3 Å². The molecule has 0 aliphatic carbocycles. The van der Waals surface area contributed by atoms with Crippen LogP contribution in [0.15, 0.2) is 23.1 Å². The molecule has 0 fully saturated rings. The van der Waals surface area contributed by atoms with Crippen LogP contribution >= 0.6 is 11.6 Å². The lowest BCUT2D eigenvalue weighted by molar-refractivity contribution is 0.0664. The van der Waals surface area contributed by atoms with Crippen LogP contribution in [0.4, 0.5) is 8.78 Å². The summed E-state index contributed by atoms with van der Waals surface area (Å²) in [7, 11) is 0. The Labute approximate surface area is 66.0 Å². The first kappa shape index (κ1) is 8.20. The highest BCUT2D eigenvalue weighted by Crippen LogP contribution is 2.10. The maximum absolute atomic E-state index is 11.9. The monoisotopic (exact) mass is 179 g/mol. The first-order chi connectivity index (χ1) is 5.11. The molecule has 0 saturated heterocycles. The van der Waals surface area contributed by atoms with Gasteiger partial charge in [-0.2, -0.15) is 8.78 Å². The van der Waals surface area contributed by atoms with Gasteiger partial charge in [-0.3, -0.25) is 9.36 Å². The van der Waals surface area contributed by atoms with Gasteiger partial charge in [0.25, 0.3) is 5.56 Å². The molecule has 0 aliphatic rings. The average molecular weight is 180 g/mol. The summed E-state index contributed by atoms with van der Waals surface area (Å²) in [4.78, 5) is 10.6. The largest absolute Gasteiger partial charge is 0.321 e. The maximum Gasteiger partial charge on any atom is 0.321 e. The molecule has 0 atom stereocenters. The number of nitrogens with zero attached hydrogens (tertiary/aromatic N) is 1. The second-order valence-corrected chi connectivity index (χ2v) is 2.31. The Bertz CT molecular complexity index is 310. The fraction of sp³-hybridized carbons (Fsp3) is 0.167. The summed E-state index contributed by atoms with van der Waals surface area (Å²) < 4.78 is 24.1. The normalized spacial score (nSPS) is 10.5. The van der Waals surface area contributed by atoms with Crippen molar-refractivity contribution in [2.75, 3.05) is 0 Å². The van der Waals surface area contributed by atoms with Crippen LogP contribution in [-0.2, 0) is 0 Å². The van der Waals surface area contributed by atoms with Crippen molar-refractivity contribution in [2.45, 2.75) is 6.55 Å². The van der Waals surface area contributed by atoms with Crippen molar-refractivity contribution in [1.82, 2.24) is 4.57 Å². The third-order valence-corrected chi connectivity index (χ3v) is 1.34. The number of halogens is 3. The topological polar surface area (TPSA) is 22.0 Å². The maximum atomic E-state index is 11.9. The summed E-state index contributed by atoms with van der Waals surface area (Å²) in [6.07, 6.45) is 0.897. The van der Waals surface area contributed by atoms with E-state index >= 15 is 0 Å². The Morgan fingerprint density at radius 2 is 2.09 bits per heavy atom. The zero-order chi connectivity index (χ0) is 8.43. The minimum absolute atomic E-state index is 0.116. The highest BCUT2D eigenvalue weighted by atomic mass is 35.5. The Morgan fingerprint density at radius 3 is 2.55 bits per heavy atom. The summed E-state index contributed by atoms with van der Waals surface area (Å²) in [5.74, 6) is 0. The highest BCUT2D eigenvalue weighted by molar-refractivity contribution is 6.30. The Morgan fingerprint density at radius 1 is 1.45 bits per heavy atom. The molecule has 0 radical (unpaired) electrons. The molecule has 0 N–H and O–H groups in total. The molecule has 0 bridgehead atoms. The van der Waals surface area contributed by atoms with Gasteiger partial charge in [-0.25, -0.2) is 0 Å². The van der Waals surface area contributed by atoms with Gasteiger partial charge in [0.05, 0.1) is 5.02 Å². The van der Waals surface area contributed by atoms with Crippen LogP contribution in [0.5, 0.6) is 0 Å². The van der Waals surface area contributed by atoms with E-state index < -0.39 is 12.1 Å². The van der Waals surface area contributed by atoms with Gasteiger partial charge >= 0.3 is 6.55 Å². The van der Waals surface area contributed by atoms with Crippen LogP contribution in [0.3, 0.4) is 0 Å². The van der Waals surface area contributed by atoms with Crippen LogP contribution in [0.1, 0.15) is 6.55 Å². The van der Waals surface area contributed by atoms with Gasteiger partial charge in [-0.05, 0) is 6.07 Å². The van der Waals surface area contributed by atoms with E-state index in [1.54, 1.807) is 0 Å². The molecule has 1 heterocycles. The number of aromatic nitrogens is 1. The van der Waals surface area contributed by atoms with E-state index in [9.17, 15) is 13.6 Å². The number of pyridine rings is 1. The Hall–Kier alpha value is -0.900. The molecule has 5 heteroatoms. The molecule has 2 nitrogen and oxygen atoms in total. The number of hydrogen-bond acceptors (Lipinski definition) is 1. The molecule has 0 unspecified atom stereocenters. The van der Waals surface area contributed by atoms with Crippen molar-refractivity contribution < 1.29 is 8.78 Å². The Kier molecular flexibility index (Phi) is 2.24. The molecule has 1 aromatic rings. The van der Waals surface area contributed by atoms with Crippen molar-refractivity contribution in [3.63, 3.8) is 0 Å². The second kappa shape index (κ2) is 3.00. The van der Waals surface area contributed by atoms with Gasteiger partial charge < -0.3 is 0 Å². The summed E-state index contributed by atoms with van der Waals surface area (Å²) in [5, 5.41) is 0.116. The van der Waals surface area contributed by atoms with Crippen LogP contribution < -0.4 is 5.56 Å². The smallest absolute Gasteiger partial charge is 0.269 e. The van der Waals surface area contributed by atoms with Crippen molar-refractivity contribution in [3.8, 4) is 0 Å². The molecular weight excluding hydrogens is 176 g/mol. The fourth-order valence-electron chi connectivity index (χ4n) is 0.629. The van der Waals surface area contributed by atoms with Crippen LogP contribution in [0.2, 0.25) is 5.02 Å². The van der Waals surface area contributed by atoms with Gasteiger partial charge in [-0.1, -0.05) is 11.6 Å². The van der Waals surface area contributed by atoms with E-state index in [-0.39, 0.29) is 9.59 Å². The molecule has 60 valence electrons. The van der Waals surface area contributed by atoms with E-state index in [1.165, 1.54) is 6.07 Å². The lowest BCUT2D eigenvalue weighted by atomic mass is 10.5. The van der Waals surface area contributed by atoms with Gasteiger partial charge in [-0.15, -0.1) is 0 Å². The van der Waals surface area contributed by atoms with E-state index in [2.05, 4.69) is 0 Å². The van der Waals surface area contributed by atoms with Crippen LogP contribution in [0.25, 0.3) is 0 Å². The highest BCUT2D eigenvalue weighted by Gasteiger charge is 2.06. The minimum atomic E-state index is -2.83. The molecule has 0 aromatic carbocycles. The van der Waals surface area contributed by atoms with Crippen molar-refractivity contribution in [3.05, 3.63) is 33.7 Å². The van der Waals surface area contributed by atoms with Crippen LogP contribution in [0, 0.1) is 0 Å². The van der Waals surface area contributed by atoms with Crippen molar-refractivity contribution in [2.24, 2.45) is 0 Å². The summed E-state index contributed by atoms with van der Waals surface area (Å²) in [6, 6.07) is 2.26. The SMILES string of the molecule is O=c1ccc(Cl)cn1C(F)F. The predicted octanol–water partition coefficient (Wildman–Crippen LogP) is 1.90. The first-order valence-corrected chi connectivity index (χ1v) is 3.15. The van der Waals surface area contributed by atoms with Crippen LogP contribution in [-0.4, -0.2) is 4.57 Å². The van der Waals surface area contributed by atoms with Crippen molar-refractivity contribution in [1.29, 1.82) is 0 Å². The number of rotatable bonds is 1. The first-order valence-electron chi connectivity index (χ1n) is 2.77. The quantitative estimate of drug-likeness (QED) is 0.645. The third kappa shape index (κ3) is 1.77. The molecule has 0 saturated carbocycles. The molecule has 0 aliphatic heterocycles. The lowest BCUT2D eigenvalue weighted by Gasteiger charge is -2.01. The van der Waals surface area contributed by atoms with Gasteiger partial charge in [0.2, 0.25) is 0 Å². The summed E-state index contributed by atoms with van der Waals surface area (Å²) in [5.41, 5.74) is -0.760. The minimum Gasteiger partial charge on any atom is -0.269 e. The standard InChI is InChI=1S/C6H4ClF2NO/c7-4-1-2-5(11)10(3-4)6(8)9/h1-3,6H. The number of alkyl halides is 2. The molecule has 1 rings (SSSR count). The Balaban J connectivity index is 3.24. The lowest BCUT2D eigenvalue weighted by Crippen LogP contribution is -2.18. The molecule has 1 aromatic heterocycles. The van der Waals surface area contributed by atoms with E-state index in [0.29, 0.717) is 0 Å². The van der Waals surface area contributed by atoms with Crippen molar-refractivity contribution >= 4 is 11.6 Å². The predicted molar refractivity (Wildman–Crippen MR) is 37.0 cm³/mol. The number of hydrogen-bond donors (Lipinski definition) is 0. The zero-order valence-corrected chi connectivity index (χ0v) is 6.05. The van der Waals surface area contributed by atoms with E-state index in [0.717, 1.165) is 12.3 Å². The fourth-order valence-corrected chi connectivity index (χ4v) is 0.797. The molecule has 11 heavy (non-hydrogen) atoms. The molecular formula is C6H4ClF2NO. The average Bonchev–Trinajstić information content (AvgIpc) is 1.94. The van der Waals surface area contributed by atoms with Gasteiger partial charge in [0.15, 0.2) is 0 Å². The van der Waals surface area contributed by atoms with Gasteiger partial charge in [0.1, 0.15) is 0 Å². The summed E-state index contributed by atoms with van der Waals surface area (Å²) >= 11 is 5.37. The van der Waals surface area contributed by atoms with E-state index in [4.69, 9.17) is 11.6 Å². The van der Waals surface area contributed by atoms with E-state index in [1.807, 2.05) is 0 Å². The third-order valence-electron chi connectivity index (χ3n) is 1.11. The molecule has 0 spiro atoms. The molecule has 0 amide bonds.